The molecule has 2 atom stereocenters. The highest BCUT2D eigenvalue weighted by Crippen LogP contribution is 1.93. The molecule has 0 spiro atoms. The van der Waals surface area contributed by atoms with E-state index in [2.05, 4.69) is 0 Å². The van der Waals surface area contributed by atoms with Crippen LogP contribution in [0.2, 0.25) is 0 Å². The first-order valence-electron chi connectivity index (χ1n) is 3.84. The van der Waals surface area contributed by atoms with E-state index in [0.717, 1.165) is 0 Å². The van der Waals surface area contributed by atoms with E-state index < -0.39 is 36.4 Å². The number of aliphatic hydroxyl groups is 1. The molecule has 0 aliphatic heterocycles. The normalized spacial score (nSPS) is 14.1. The number of hydrogen-bond acceptors (Lipinski definition) is 4. The van der Waals surface area contributed by atoms with Gasteiger partial charge in [0, 0.05) is 0 Å². The molecule has 80 valence electrons. The molecule has 5 N–H and O–H groups in total. The van der Waals surface area contributed by atoms with Crippen molar-refractivity contribution in [1.29, 1.82) is 0 Å². The van der Waals surface area contributed by atoms with Crippen molar-refractivity contribution in [2.75, 3.05) is 0 Å². The Bertz CT molecular complexity index is 250. The van der Waals surface area contributed by atoms with Crippen molar-refractivity contribution in [2.24, 2.45) is 5.73 Å². The van der Waals surface area contributed by atoms with Gasteiger partial charge in [0.1, 0.15) is 12.1 Å². The van der Waals surface area contributed by atoms with Crippen molar-refractivity contribution in [2.45, 2.75) is 25.5 Å². The SMILES string of the molecule is C[C@H](O)C(=O)N[C@@H](CC(N)=O)C(=O)O. The molecule has 0 bridgehead atoms. The summed E-state index contributed by atoms with van der Waals surface area (Å²) in [4.78, 5) is 31.8. The second-order valence-electron chi connectivity index (χ2n) is 2.75. The number of carbonyl (C=O) groups is 3. The van der Waals surface area contributed by atoms with Gasteiger partial charge in [-0.05, 0) is 6.92 Å². The summed E-state index contributed by atoms with van der Waals surface area (Å²) in [5, 5.41) is 19.3. The van der Waals surface area contributed by atoms with Crippen molar-refractivity contribution in [3.63, 3.8) is 0 Å². The Morgan fingerprint density at radius 1 is 1.43 bits per heavy atom. The predicted molar refractivity (Wildman–Crippen MR) is 45.1 cm³/mol. The van der Waals surface area contributed by atoms with Crippen LogP contribution in [0.15, 0.2) is 0 Å². The number of carboxylic acid groups (broad SMARTS) is 1. The van der Waals surface area contributed by atoms with Gasteiger partial charge in [0.05, 0.1) is 6.42 Å². The van der Waals surface area contributed by atoms with Crippen molar-refractivity contribution < 1.29 is 24.6 Å². The molecule has 0 saturated heterocycles. The molecule has 0 aromatic rings. The van der Waals surface area contributed by atoms with Gasteiger partial charge in [-0.1, -0.05) is 0 Å². The van der Waals surface area contributed by atoms with Gasteiger partial charge in [0.2, 0.25) is 11.8 Å². The highest BCUT2D eigenvalue weighted by molar-refractivity contribution is 5.89. The topological polar surface area (TPSA) is 130 Å². The molecule has 0 aromatic heterocycles. The monoisotopic (exact) mass is 204 g/mol. The molecular formula is C7H12N2O5. The molecule has 0 aliphatic carbocycles. The molecule has 0 aromatic carbocycles. The van der Waals surface area contributed by atoms with Crippen molar-refractivity contribution in [3.8, 4) is 0 Å². The van der Waals surface area contributed by atoms with E-state index >= 15 is 0 Å². The number of carbonyl (C=O) groups excluding carboxylic acids is 2. The summed E-state index contributed by atoms with van der Waals surface area (Å²) in [6.07, 6.45) is -1.84. The first-order chi connectivity index (χ1) is 6.34. The number of rotatable bonds is 5. The molecule has 0 heterocycles. The Morgan fingerprint density at radius 3 is 2.21 bits per heavy atom. The maximum Gasteiger partial charge on any atom is 0.326 e. The fourth-order valence-corrected chi connectivity index (χ4v) is 0.694. The molecule has 7 nitrogen and oxygen atoms in total. The molecule has 0 saturated carbocycles. The minimum Gasteiger partial charge on any atom is -0.480 e. The van der Waals surface area contributed by atoms with Crippen LogP contribution in [0.4, 0.5) is 0 Å². The molecule has 14 heavy (non-hydrogen) atoms. The second kappa shape index (κ2) is 5.18. The summed E-state index contributed by atoms with van der Waals surface area (Å²) in [6.45, 7) is 1.18. The third-order valence-corrected chi connectivity index (χ3v) is 1.40. The Morgan fingerprint density at radius 2 is 1.93 bits per heavy atom. The Balaban J connectivity index is 4.31. The standard InChI is InChI=1S/C7H12N2O5/c1-3(10)6(12)9-4(7(13)14)2-5(8)11/h3-4,10H,2H2,1H3,(H2,8,11)(H,9,12)(H,13,14)/t3-,4-/m0/s1. The van der Waals surface area contributed by atoms with Gasteiger partial charge in [0.25, 0.3) is 0 Å². The van der Waals surface area contributed by atoms with Crippen LogP contribution in [0, 0.1) is 0 Å². The van der Waals surface area contributed by atoms with Gasteiger partial charge in [-0.2, -0.15) is 0 Å². The van der Waals surface area contributed by atoms with E-state index in [1.54, 1.807) is 0 Å². The minimum absolute atomic E-state index is 0.506. The van der Waals surface area contributed by atoms with Crippen LogP contribution in [-0.2, 0) is 14.4 Å². The lowest BCUT2D eigenvalue weighted by atomic mass is 10.2. The molecule has 0 radical (unpaired) electrons. The van der Waals surface area contributed by atoms with Gasteiger partial charge < -0.3 is 21.3 Å². The summed E-state index contributed by atoms with van der Waals surface area (Å²) in [6, 6.07) is -1.39. The van der Waals surface area contributed by atoms with Crippen LogP contribution in [0.1, 0.15) is 13.3 Å². The average Bonchev–Trinajstić information content (AvgIpc) is 2.01. The summed E-state index contributed by atoms with van der Waals surface area (Å²) < 4.78 is 0. The number of hydrogen-bond donors (Lipinski definition) is 4. The smallest absolute Gasteiger partial charge is 0.326 e. The van der Waals surface area contributed by atoms with Crippen LogP contribution in [0.25, 0.3) is 0 Å². The molecule has 0 rings (SSSR count). The summed E-state index contributed by atoms with van der Waals surface area (Å²) >= 11 is 0. The molecule has 0 unspecified atom stereocenters. The number of carboxylic acids is 1. The minimum atomic E-state index is -1.39. The Kier molecular flexibility index (Phi) is 4.57. The van der Waals surface area contributed by atoms with Gasteiger partial charge in [-0.3, -0.25) is 9.59 Å². The van der Waals surface area contributed by atoms with Crippen molar-refractivity contribution in [1.82, 2.24) is 5.32 Å². The lowest BCUT2D eigenvalue weighted by molar-refractivity contribution is -0.144. The average molecular weight is 204 g/mol. The molecule has 7 heteroatoms. The van der Waals surface area contributed by atoms with E-state index in [1.807, 2.05) is 5.32 Å². The van der Waals surface area contributed by atoms with E-state index in [4.69, 9.17) is 15.9 Å². The lowest BCUT2D eigenvalue weighted by Gasteiger charge is -2.13. The van der Waals surface area contributed by atoms with Gasteiger partial charge in [-0.25, -0.2) is 4.79 Å². The quantitative estimate of drug-likeness (QED) is 0.404. The Hall–Kier alpha value is -1.63. The maximum absolute atomic E-state index is 10.9. The molecular weight excluding hydrogens is 192 g/mol. The van der Waals surface area contributed by atoms with Crippen LogP contribution in [-0.4, -0.2) is 40.1 Å². The van der Waals surface area contributed by atoms with Crippen molar-refractivity contribution in [3.05, 3.63) is 0 Å². The zero-order chi connectivity index (χ0) is 11.3. The zero-order valence-corrected chi connectivity index (χ0v) is 7.56. The first kappa shape index (κ1) is 12.4. The zero-order valence-electron chi connectivity index (χ0n) is 7.56. The summed E-state index contributed by atoms with van der Waals surface area (Å²) in [5.41, 5.74) is 4.77. The van der Waals surface area contributed by atoms with E-state index in [1.165, 1.54) is 6.92 Å². The van der Waals surface area contributed by atoms with Crippen LogP contribution in [0.3, 0.4) is 0 Å². The number of primary amides is 1. The Labute approximate surface area is 79.9 Å². The number of nitrogens with one attached hydrogen (secondary N) is 1. The van der Waals surface area contributed by atoms with E-state index in [-0.39, 0.29) is 0 Å². The summed E-state index contributed by atoms with van der Waals surface area (Å²) in [5.74, 6) is -3.08. The van der Waals surface area contributed by atoms with Crippen LogP contribution >= 0.6 is 0 Å². The van der Waals surface area contributed by atoms with Gasteiger partial charge >= 0.3 is 5.97 Å². The first-order valence-corrected chi connectivity index (χ1v) is 3.84. The van der Waals surface area contributed by atoms with Crippen molar-refractivity contribution >= 4 is 17.8 Å². The largest absolute Gasteiger partial charge is 0.480 e. The molecule has 0 aliphatic rings. The molecule has 0 fully saturated rings. The number of aliphatic hydroxyl groups excluding tert-OH is 1. The van der Waals surface area contributed by atoms with Crippen LogP contribution in [0.5, 0.6) is 0 Å². The summed E-state index contributed by atoms with van der Waals surface area (Å²) in [7, 11) is 0. The number of aliphatic carboxylic acids is 1. The van der Waals surface area contributed by atoms with Crippen LogP contribution < -0.4 is 11.1 Å². The number of nitrogens with two attached hydrogens (primary N) is 1. The maximum atomic E-state index is 10.9. The van der Waals surface area contributed by atoms with Gasteiger partial charge in [0.15, 0.2) is 0 Å². The highest BCUT2D eigenvalue weighted by atomic mass is 16.4. The third kappa shape index (κ3) is 4.41. The predicted octanol–water partition coefficient (Wildman–Crippen LogP) is -2.19. The number of amides is 2. The third-order valence-electron chi connectivity index (χ3n) is 1.40. The molecule has 2 amide bonds. The highest BCUT2D eigenvalue weighted by Gasteiger charge is 2.23. The lowest BCUT2D eigenvalue weighted by Crippen LogP contribution is -2.46. The second-order valence-corrected chi connectivity index (χ2v) is 2.75. The van der Waals surface area contributed by atoms with E-state index in [9.17, 15) is 14.4 Å². The van der Waals surface area contributed by atoms with E-state index in [0.29, 0.717) is 0 Å². The fraction of sp³-hybridized carbons (Fsp3) is 0.571. The fourth-order valence-electron chi connectivity index (χ4n) is 0.694. The van der Waals surface area contributed by atoms with Gasteiger partial charge in [-0.15, -0.1) is 0 Å².